The number of ether oxygens (including phenoxy) is 1. The molecule has 2 saturated heterocycles. The van der Waals surface area contributed by atoms with Gasteiger partial charge in [0.25, 0.3) is 0 Å². The summed E-state index contributed by atoms with van der Waals surface area (Å²) in [6.07, 6.45) is 5.96. The fourth-order valence-corrected chi connectivity index (χ4v) is 7.29. The van der Waals surface area contributed by atoms with E-state index in [1.807, 2.05) is 0 Å². The molecule has 0 bridgehead atoms. The summed E-state index contributed by atoms with van der Waals surface area (Å²) in [5, 5.41) is 11.9. The van der Waals surface area contributed by atoms with Gasteiger partial charge >= 0.3 is 0 Å². The van der Waals surface area contributed by atoms with Crippen LogP contribution < -0.4 is 5.32 Å². The van der Waals surface area contributed by atoms with E-state index >= 15 is 0 Å². The Morgan fingerprint density at radius 1 is 1.03 bits per heavy atom. The molecule has 2 aliphatic carbocycles. The van der Waals surface area contributed by atoms with Crippen LogP contribution in [0.1, 0.15) is 32.1 Å². The smallest absolute Gasteiger partial charge is 0.168 e. The lowest BCUT2D eigenvalue weighted by Gasteiger charge is -2.40. The van der Waals surface area contributed by atoms with Gasteiger partial charge in [0.15, 0.2) is 11.6 Å². The highest BCUT2D eigenvalue weighted by Gasteiger charge is 2.62. The third kappa shape index (κ3) is 4.16. The molecule has 0 amide bonds. The highest BCUT2D eigenvalue weighted by atomic mass is 19.2. The van der Waals surface area contributed by atoms with E-state index in [9.17, 15) is 13.2 Å². The second-order valence-corrected chi connectivity index (χ2v) is 11.7. The van der Waals surface area contributed by atoms with Crippen molar-refractivity contribution in [1.29, 1.82) is 0 Å². The molecule has 10 heteroatoms. The van der Waals surface area contributed by atoms with Crippen molar-refractivity contribution in [1.82, 2.24) is 15.1 Å². The number of fused-ring (bicyclic) bond motifs is 1. The van der Waals surface area contributed by atoms with Gasteiger partial charge in [-0.15, -0.1) is 10.2 Å². The minimum atomic E-state index is -1.23. The SMILES string of the molecule is BC(B)(C1CC12CCOCC2)N1C[C@H]2C[C@H](Nc3ccc(-c4cc(F)cc(F)c4F)nn3)C[C@H]2C1. The maximum Gasteiger partial charge on any atom is 0.168 e. The van der Waals surface area contributed by atoms with Crippen LogP contribution in [0.25, 0.3) is 11.3 Å². The molecule has 0 radical (unpaired) electrons. The number of likely N-dealkylation sites (tertiary alicyclic amines) is 1. The summed E-state index contributed by atoms with van der Waals surface area (Å²) in [6, 6.07) is 5.03. The lowest BCUT2D eigenvalue weighted by Crippen LogP contribution is -2.53. The summed E-state index contributed by atoms with van der Waals surface area (Å²) in [7, 11) is 4.90. The first-order valence-corrected chi connectivity index (χ1v) is 12.8. The zero-order chi connectivity index (χ0) is 24.4. The van der Waals surface area contributed by atoms with Crippen LogP contribution in [0.15, 0.2) is 24.3 Å². The van der Waals surface area contributed by atoms with E-state index in [1.54, 1.807) is 12.1 Å². The Labute approximate surface area is 206 Å². The largest absolute Gasteiger partial charge is 0.381 e. The summed E-state index contributed by atoms with van der Waals surface area (Å²) < 4.78 is 46.8. The Morgan fingerprint density at radius 3 is 2.40 bits per heavy atom. The Morgan fingerprint density at radius 2 is 1.74 bits per heavy atom. The number of hydrogen-bond acceptors (Lipinski definition) is 5. The Bertz CT molecular complexity index is 1100. The fraction of sp³-hybridized carbons (Fsp3) is 0.600. The third-order valence-corrected chi connectivity index (χ3v) is 9.38. The average molecular weight is 482 g/mol. The first-order valence-electron chi connectivity index (χ1n) is 12.8. The van der Waals surface area contributed by atoms with Crippen molar-refractivity contribution in [2.45, 2.75) is 43.5 Å². The van der Waals surface area contributed by atoms with Crippen molar-refractivity contribution in [3.05, 3.63) is 41.7 Å². The van der Waals surface area contributed by atoms with Crippen LogP contribution in [0.4, 0.5) is 19.0 Å². The topological polar surface area (TPSA) is 50.3 Å². The van der Waals surface area contributed by atoms with Crippen LogP contribution in [0, 0.1) is 40.6 Å². The molecule has 3 heterocycles. The van der Waals surface area contributed by atoms with Crippen molar-refractivity contribution in [3.8, 4) is 11.3 Å². The summed E-state index contributed by atoms with van der Waals surface area (Å²) in [5.41, 5.74) is 0.405. The van der Waals surface area contributed by atoms with Gasteiger partial charge in [0.2, 0.25) is 0 Å². The summed E-state index contributed by atoms with van der Waals surface area (Å²) >= 11 is 0. The minimum Gasteiger partial charge on any atom is -0.381 e. The van der Waals surface area contributed by atoms with Gasteiger partial charge in [0.1, 0.15) is 27.3 Å². The molecule has 1 unspecified atom stereocenters. The normalized spacial score (nSPS) is 29.9. The molecule has 1 N–H and O–H groups in total. The van der Waals surface area contributed by atoms with Gasteiger partial charge < -0.3 is 15.0 Å². The van der Waals surface area contributed by atoms with Crippen LogP contribution in [0.3, 0.4) is 0 Å². The molecule has 4 fully saturated rings. The Hall–Kier alpha value is -2.06. The summed E-state index contributed by atoms with van der Waals surface area (Å²) in [4.78, 5) is 2.74. The van der Waals surface area contributed by atoms with Crippen LogP contribution in [0.5, 0.6) is 0 Å². The predicted molar refractivity (Wildman–Crippen MR) is 133 cm³/mol. The van der Waals surface area contributed by atoms with Gasteiger partial charge in [-0.2, -0.15) is 0 Å². The number of nitrogens with zero attached hydrogens (tertiary/aromatic N) is 3. The average Bonchev–Trinajstić information content (AvgIpc) is 3.17. The molecule has 1 aromatic heterocycles. The second kappa shape index (κ2) is 8.51. The van der Waals surface area contributed by atoms with Crippen molar-refractivity contribution in [2.24, 2.45) is 23.2 Å². The minimum absolute atomic E-state index is 0.106. The molecular formula is C25H31B2F3N4O. The molecule has 6 rings (SSSR count). The van der Waals surface area contributed by atoms with E-state index in [0.717, 1.165) is 51.1 Å². The molecule has 2 aromatic rings. The maximum absolute atomic E-state index is 14.1. The first-order chi connectivity index (χ1) is 16.7. The van der Waals surface area contributed by atoms with Crippen LogP contribution in [-0.2, 0) is 4.74 Å². The standard InChI is InChI=1S/C25H31B2F3N4O/c26-25(27,21-11-24(21)3-5-35-6-4-24)34-12-14-7-17(8-15(14)13-34)31-22-2-1-20(32-33-22)18-9-16(28)10-19(29)23(18)30/h1-2,9-10,14-15,17,21H,3-8,11-13,26-27H2,(H,31,33)/t14-,15+,17+,21?. The second-order valence-electron chi connectivity index (χ2n) is 11.7. The maximum atomic E-state index is 14.1. The first kappa shape index (κ1) is 23.3. The van der Waals surface area contributed by atoms with Crippen molar-refractivity contribution in [3.63, 3.8) is 0 Å². The number of aromatic nitrogens is 2. The van der Waals surface area contributed by atoms with E-state index in [0.29, 0.717) is 35.2 Å². The van der Waals surface area contributed by atoms with Gasteiger partial charge in [-0.1, -0.05) is 0 Å². The van der Waals surface area contributed by atoms with E-state index < -0.39 is 17.5 Å². The molecule has 1 spiro atoms. The molecule has 1 aromatic carbocycles. The van der Waals surface area contributed by atoms with Gasteiger partial charge in [-0.05, 0) is 78.8 Å². The van der Waals surface area contributed by atoms with Crippen LogP contribution in [0.2, 0.25) is 0 Å². The molecule has 2 saturated carbocycles. The van der Waals surface area contributed by atoms with Gasteiger partial charge in [0.05, 0.1) is 5.69 Å². The number of hydrogen-bond donors (Lipinski definition) is 1. The van der Waals surface area contributed by atoms with Crippen LogP contribution >= 0.6 is 0 Å². The van der Waals surface area contributed by atoms with Crippen molar-refractivity contribution in [2.75, 3.05) is 31.6 Å². The highest BCUT2D eigenvalue weighted by Crippen LogP contribution is 2.63. The highest BCUT2D eigenvalue weighted by molar-refractivity contribution is 6.40. The number of nitrogens with one attached hydrogen (secondary N) is 1. The zero-order valence-corrected chi connectivity index (χ0v) is 20.4. The molecular weight excluding hydrogens is 451 g/mol. The predicted octanol–water partition coefficient (Wildman–Crippen LogP) is 2.42. The molecule has 2 aliphatic heterocycles. The number of halogens is 3. The summed E-state index contributed by atoms with van der Waals surface area (Å²) in [6.45, 7) is 4.13. The fourth-order valence-electron chi connectivity index (χ4n) is 7.29. The van der Waals surface area contributed by atoms with Gasteiger partial charge in [-0.25, -0.2) is 13.2 Å². The number of anilines is 1. The lowest BCUT2D eigenvalue weighted by molar-refractivity contribution is 0.0458. The van der Waals surface area contributed by atoms with Crippen molar-refractivity contribution < 1.29 is 17.9 Å². The van der Waals surface area contributed by atoms with E-state index in [-0.39, 0.29) is 16.6 Å². The lowest BCUT2D eigenvalue weighted by atomic mass is 9.55. The Balaban J connectivity index is 1.06. The molecule has 4 aliphatic rings. The van der Waals surface area contributed by atoms with Crippen LogP contribution in [-0.4, -0.2) is 68.5 Å². The molecule has 184 valence electrons. The molecule has 35 heavy (non-hydrogen) atoms. The number of rotatable bonds is 5. The molecule has 5 nitrogen and oxygen atoms in total. The summed E-state index contributed by atoms with van der Waals surface area (Å²) in [5.74, 6) is -0.470. The monoisotopic (exact) mass is 482 g/mol. The zero-order valence-electron chi connectivity index (χ0n) is 20.4. The third-order valence-electron chi connectivity index (χ3n) is 9.38. The molecule has 4 atom stereocenters. The quantitative estimate of drug-likeness (QED) is 0.525. The van der Waals surface area contributed by atoms with Crippen molar-refractivity contribution >= 4 is 21.5 Å². The van der Waals surface area contributed by atoms with E-state index in [2.05, 4.69) is 36.1 Å². The number of benzene rings is 1. The van der Waals surface area contributed by atoms with Gasteiger partial charge in [-0.3, -0.25) is 0 Å². The van der Waals surface area contributed by atoms with E-state index in [1.165, 1.54) is 19.3 Å². The Kier molecular flexibility index (Phi) is 5.68. The van der Waals surface area contributed by atoms with Gasteiger partial charge in [0, 0.05) is 44.0 Å². The van der Waals surface area contributed by atoms with E-state index in [4.69, 9.17) is 4.74 Å².